The third kappa shape index (κ3) is 6.68. The summed E-state index contributed by atoms with van der Waals surface area (Å²) in [5.74, 6) is -1.05. The first-order valence-electron chi connectivity index (χ1n) is 7.13. The average Bonchev–Trinajstić information content (AvgIpc) is 2.42. The van der Waals surface area contributed by atoms with E-state index in [0.29, 0.717) is 6.54 Å². The average molecular weight is 278 g/mol. The number of aliphatic carboxylic acids is 1. The van der Waals surface area contributed by atoms with Gasteiger partial charge in [0.2, 0.25) is 0 Å². The second-order valence-electron chi connectivity index (χ2n) is 5.58. The van der Waals surface area contributed by atoms with Gasteiger partial charge in [0.05, 0.1) is 5.92 Å². The van der Waals surface area contributed by atoms with Gasteiger partial charge in [-0.15, -0.1) is 0 Å². The molecule has 0 radical (unpaired) electrons. The molecule has 0 aliphatic rings. The van der Waals surface area contributed by atoms with Crippen LogP contribution in [0.5, 0.6) is 0 Å². The number of hydrogen-bond acceptors (Lipinski definition) is 3. The van der Waals surface area contributed by atoms with Crippen molar-refractivity contribution in [3.8, 4) is 0 Å². The van der Waals surface area contributed by atoms with Gasteiger partial charge < -0.3 is 14.9 Å². The van der Waals surface area contributed by atoms with Crippen LogP contribution < -0.4 is 0 Å². The summed E-state index contributed by atoms with van der Waals surface area (Å²) in [5, 5.41) is 9.06. The number of carboxylic acids is 1. The zero-order valence-electron chi connectivity index (χ0n) is 12.7. The molecule has 0 aliphatic carbocycles. The van der Waals surface area contributed by atoms with E-state index in [-0.39, 0.29) is 5.92 Å². The highest BCUT2D eigenvalue weighted by atomic mass is 16.4. The molecule has 1 N–H and O–H groups in total. The van der Waals surface area contributed by atoms with Crippen LogP contribution in [-0.2, 0) is 11.2 Å². The number of hydrogen-bond donors (Lipinski definition) is 1. The lowest BCUT2D eigenvalue weighted by Gasteiger charge is -2.25. The van der Waals surface area contributed by atoms with Gasteiger partial charge in [0, 0.05) is 26.2 Å². The van der Waals surface area contributed by atoms with E-state index in [2.05, 4.69) is 21.9 Å². The molecule has 4 heteroatoms. The molecule has 1 unspecified atom stereocenters. The van der Waals surface area contributed by atoms with E-state index in [0.717, 1.165) is 26.1 Å². The fraction of sp³-hybridized carbons (Fsp3) is 0.562. The molecule has 4 nitrogen and oxygen atoms in total. The van der Waals surface area contributed by atoms with Crippen LogP contribution in [0.15, 0.2) is 30.3 Å². The van der Waals surface area contributed by atoms with E-state index >= 15 is 0 Å². The van der Waals surface area contributed by atoms with Crippen molar-refractivity contribution in [3.05, 3.63) is 35.9 Å². The standard InChI is InChI=1S/C16H26N2O2/c1-14(16(19)20)13-18(12-11-17(2)3)10-9-15-7-5-4-6-8-15/h4-8,14H,9-13H2,1-3H3,(H,19,20). The van der Waals surface area contributed by atoms with Gasteiger partial charge in [-0.1, -0.05) is 37.3 Å². The maximum absolute atomic E-state index is 11.0. The van der Waals surface area contributed by atoms with Gasteiger partial charge in [0.1, 0.15) is 0 Å². The Morgan fingerprint density at radius 2 is 1.80 bits per heavy atom. The highest BCUT2D eigenvalue weighted by Gasteiger charge is 2.16. The summed E-state index contributed by atoms with van der Waals surface area (Å²) in [4.78, 5) is 15.4. The Morgan fingerprint density at radius 3 is 2.35 bits per heavy atom. The number of nitrogens with zero attached hydrogens (tertiary/aromatic N) is 2. The number of carbonyl (C=O) groups is 1. The molecule has 0 bridgehead atoms. The molecule has 1 aromatic carbocycles. The molecule has 1 aromatic rings. The third-order valence-electron chi connectivity index (χ3n) is 3.38. The molecular weight excluding hydrogens is 252 g/mol. The topological polar surface area (TPSA) is 43.8 Å². The molecule has 1 atom stereocenters. The first kappa shape index (κ1) is 16.7. The molecule has 20 heavy (non-hydrogen) atoms. The van der Waals surface area contributed by atoms with Gasteiger partial charge >= 0.3 is 5.97 Å². The number of benzene rings is 1. The maximum atomic E-state index is 11.0. The smallest absolute Gasteiger partial charge is 0.307 e. The Labute approximate surface area is 122 Å². The molecular formula is C16H26N2O2. The van der Waals surface area contributed by atoms with E-state index in [1.54, 1.807) is 6.92 Å². The molecule has 1 rings (SSSR count). The molecule has 0 aliphatic heterocycles. The van der Waals surface area contributed by atoms with E-state index in [1.807, 2.05) is 32.3 Å². The Hall–Kier alpha value is -1.39. The van der Waals surface area contributed by atoms with E-state index in [9.17, 15) is 4.79 Å². The molecule has 0 saturated carbocycles. The van der Waals surface area contributed by atoms with Crippen LogP contribution in [0.4, 0.5) is 0 Å². The van der Waals surface area contributed by atoms with Crippen molar-refractivity contribution >= 4 is 5.97 Å². The highest BCUT2D eigenvalue weighted by molar-refractivity contribution is 5.69. The second-order valence-corrected chi connectivity index (χ2v) is 5.58. The van der Waals surface area contributed by atoms with Crippen LogP contribution in [-0.4, -0.2) is 61.2 Å². The summed E-state index contributed by atoms with van der Waals surface area (Å²) in [7, 11) is 4.08. The van der Waals surface area contributed by atoms with E-state index in [4.69, 9.17) is 5.11 Å². The largest absolute Gasteiger partial charge is 0.481 e. The van der Waals surface area contributed by atoms with Crippen LogP contribution in [0.3, 0.4) is 0 Å². The van der Waals surface area contributed by atoms with Crippen LogP contribution in [0.2, 0.25) is 0 Å². The molecule has 0 fully saturated rings. The summed E-state index contributed by atoms with van der Waals surface area (Å²) in [6, 6.07) is 10.3. The predicted octanol–water partition coefficient (Wildman–Crippen LogP) is 1.81. The zero-order chi connectivity index (χ0) is 15.0. The Morgan fingerprint density at radius 1 is 1.15 bits per heavy atom. The lowest BCUT2D eigenvalue weighted by molar-refractivity contribution is -0.141. The summed E-state index contributed by atoms with van der Waals surface area (Å²) >= 11 is 0. The molecule has 0 amide bonds. The minimum atomic E-state index is -0.723. The van der Waals surface area contributed by atoms with Crippen molar-refractivity contribution in [2.24, 2.45) is 5.92 Å². The van der Waals surface area contributed by atoms with Crippen LogP contribution in [0, 0.1) is 5.92 Å². The first-order valence-corrected chi connectivity index (χ1v) is 7.13. The minimum Gasteiger partial charge on any atom is -0.481 e. The molecule has 112 valence electrons. The summed E-state index contributed by atoms with van der Waals surface area (Å²) in [6.45, 7) is 5.12. The number of rotatable bonds is 9. The molecule has 0 heterocycles. The minimum absolute atomic E-state index is 0.326. The van der Waals surface area contributed by atoms with Gasteiger partial charge in [-0.05, 0) is 26.1 Å². The lowest BCUT2D eigenvalue weighted by Crippen LogP contribution is -2.38. The quantitative estimate of drug-likeness (QED) is 0.748. The second kappa shape index (κ2) is 8.72. The lowest BCUT2D eigenvalue weighted by atomic mass is 10.1. The predicted molar refractivity (Wildman–Crippen MR) is 81.9 cm³/mol. The van der Waals surface area contributed by atoms with Gasteiger partial charge in [0.15, 0.2) is 0 Å². The fourth-order valence-corrected chi connectivity index (χ4v) is 2.03. The van der Waals surface area contributed by atoms with Crippen molar-refractivity contribution < 1.29 is 9.90 Å². The SMILES string of the molecule is CC(CN(CCc1ccccc1)CCN(C)C)C(=O)O. The van der Waals surface area contributed by atoms with Crippen molar-refractivity contribution in [3.63, 3.8) is 0 Å². The van der Waals surface area contributed by atoms with Crippen LogP contribution in [0.25, 0.3) is 0 Å². The molecule has 0 saturated heterocycles. The van der Waals surface area contributed by atoms with Gasteiger partial charge in [-0.25, -0.2) is 0 Å². The van der Waals surface area contributed by atoms with Gasteiger partial charge in [-0.3, -0.25) is 4.79 Å². The first-order chi connectivity index (χ1) is 9.49. The third-order valence-corrected chi connectivity index (χ3v) is 3.38. The van der Waals surface area contributed by atoms with Crippen molar-refractivity contribution in [2.75, 3.05) is 40.3 Å². The van der Waals surface area contributed by atoms with Crippen molar-refractivity contribution in [2.45, 2.75) is 13.3 Å². The fourth-order valence-electron chi connectivity index (χ4n) is 2.03. The van der Waals surface area contributed by atoms with Crippen molar-refractivity contribution in [1.82, 2.24) is 9.80 Å². The van der Waals surface area contributed by atoms with Gasteiger partial charge in [0.25, 0.3) is 0 Å². The Kier molecular flexibility index (Phi) is 7.26. The summed E-state index contributed by atoms with van der Waals surface area (Å²) in [6.07, 6.45) is 0.959. The summed E-state index contributed by atoms with van der Waals surface area (Å²) in [5.41, 5.74) is 1.30. The molecule has 0 spiro atoms. The van der Waals surface area contributed by atoms with Crippen molar-refractivity contribution in [1.29, 1.82) is 0 Å². The zero-order valence-corrected chi connectivity index (χ0v) is 12.7. The van der Waals surface area contributed by atoms with Crippen LogP contribution in [0.1, 0.15) is 12.5 Å². The molecule has 0 aromatic heterocycles. The van der Waals surface area contributed by atoms with Gasteiger partial charge in [-0.2, -0.15) is 0 Å². The van der Waals surface area contributed by atoms with E-state index < -0.39 is 5.97 Å². The monoisotopic (exact) mass is 278 g/mol. The van der Waals surface area contributed by atoms with E-state index in [1.165, 1.54) is 5.56 Å². The summed E-state index contributed by atoms with van der Waals surface area (Å²) < 4.78 is 0. The highest BCUT2D eigenvalue weighted by Crippen LogP contribution is 2.05. The van der Waals surface area contributed by atoms with Crippen LogP contribution >= 0.6 is 0 Å². The number of likely N-dealkylation sites (N-methyl/N-ethyl adjacent to an activating group) is 1. The maximum Gasteiger partial charge on any atom is 0.307 e. The normalized spacial score (nSPS) is 12.8. The number of carboxylic acid groups (broad SMARTS) is 1. The Bertz CT molecular complexity index is 393. The Balaban J connectivity index is 2.50.